The average Bonchev–Trinajstić information content (AvgIpc) is 2.88. The maximum atomic E-state index is 13.9. The fourth-order valence-electron chi connectivity index (χ4n) is 4.02. The van der Waals surface area contributed by atoms with Gasteiger partial charge in [-0.3, -0.25) is 13.9 Å². The van der Waals surface area contributed by atoms with E-state index in [4.69, 9.17) is 0 Å². The lowest BCUT2D eigenvalue weighted by molar-refractivity contribution is -0.139. The van der Waals surface area contributed by atoms with E-state index in [-0.39, 0.29) is 23.4 Å². The van der Waals surface area contributed by atoms with Crippen molar-refractivity contribution in [3.05, 3.63) is 93.5 Å². The van der Waals surface area contributed by atoms with Crippen molar-refractivity contribution in [3.63, 3.8) is 0 Å². The predicted octanol–water partition coefficient (Wildman–Crippen LogP) is 5.51. The Morgan fingerprint density at radius 2 is 1.49 bits per heavy atom. The van der Waals surface area contributed by atoms with E-state index in [1.807, 2.05) is 65.0 Å². The van der Waals surface area contributed by atoms with Gasteiger partial charge in [0.05, 0.1) is 10.6 Å². The molecule has 0 radical (unpaired) electrons. The normalized spacial score (nSPS) is 12.2. The van der Waals surface area contributed by atoms with E-state index < -0.39 is 28.5 Å². The Morgan fingerprint density at radius 1 is 0.872 bits per heavy atom. The molecule has 2 amide bonds. The Morgan fingerprint density at radius 3 is 2.05 bits per heavy atom. The third-order valence-corrected chi connectivity index (χ3v) is 8.85. The number of carbonyl (C=O) groups is 2. The minimum Gasteiger partial charge on any atom is -0.352 e. The number of anilines is 1. The minimum atomic E-state index is -4.09. The van der Waals surface area contributed by atoms with Gasteiger partial charge in [-0.25, -0.2) is 8.42 Å². The number of aryl methyl sites for hydroxylation is 3. The molecule has 0 fully saturated rings. The summed E-state index contributed by atoms with van der Waals surface area (Å²) in [7, 11) is -4.09. The SMILES string of the molecule is Cc1ccc(S(=O)(=O)N(CC(=O)N(Cc2ccc(Br)cc2)C(C)C(=O)NC(C)C)c2ccc(C)c(C)c2)cc1. The molecule has 3 aromatic rings. The molecule has 1 unspecified atom stereocenters. The van der Waals surface area contributed by atoms with Crippen molar-refractivity contribution < 1.29 is 18.0 Å². The lowest BCUT2D eigenvalue weighted by Crippen LogP contribution is -2.52. The molecule has 9 heteroatoms. The molecule has 3 rings (SSSR count). The van der Waals surface area contributed by atoms with Gasteiger partial charge in [-0.2, -0.15) is 0 Å². The van der Waals surface area contributed by atoms with Crippen LogP contribution < -0.4 is 9.62 Å². The maximum absolute atomic E-state index is 13.9. The number of hydrogen-bond donors (Lipinski definition) is 1. The highest BCUT2D eigenvalue weighted by Gasteiger charge is 2.32. The number of nitrogens with zero attached hydrogens (tertiary/aromatic N) is 2. The molecule has 7 nitrogen and oxygen atoms in total. The summed E-state index contributed by atoms with van der Waals surface area (Å²) < 4.78 is 29.9. The van der Waals surface area contributed by atoms with Gasteiger partial charge in [0.25, 0.3) is 10.0 Å². The molecule has 0 aliphatic carbocycles. The molecule has 1 atom stereocenters. The first-order valence-corrected chi connectivity index (χ1v) is 15.0. The number of hydrogen-bond acceptors (Lipinski definition) is 4. The maximum Gasteiger partial charge on any atom is 0.264 e. The van der Waals surface area contributed by atoms with E-state index >= 15 is 0 Å². The molecule has 208 valence electrons. The predicted molar refractivity (Wildman–Crippen MR) is 159 cm³/mol. The van der Waals surface area contributed by atoms with E-state index in [0.29, 0.717) is 5.69 Å². The van der Waals surface area contributed by atoms with Crippen LogP contribution in [0.3, 0.4) is 0 Å². The summed E-state index contributed by atoms with van der Waals surface area (Å²) in [6, 6.07) is 18.4. The Hall–Kier alpha value is -3.17. The van der Waals surface area contributed by atoms with Crippen LogP contribution in [0.5, 0.6) is 0 Å². The highest BCUT2D eigenvalue weighted by atomic mass is 79.9. The van der Waals surface area contributed by atoms with Crippen molar-refractivity contribution in [2.45, 2.75) is 65.1 Å². The van der Waals surface area contributed by atoms with Crippen molar-refractivity contribution in [3.8, 4) is 0 Å². The summed E-state index contributed by atoms with van der Waals surface area (Å²) in [5.74, 6) is -0.798. The molecule has 0 heterocycles. The van der Waals surface area contributed by atoms with Gasteiger partial charge in [-0.1, -0.05) is 51.8 Å². The molecule has 0 saturated heterocycles. The van der Waals surface area contributed by atoms with Gasteiger partial charge in [-0.15, -0.1) is 0 Å². The molecule has 0 aromatic heterocycles. The van der Waals surface area contributed by atoms with Crippen LogP contribution in [0.25, 0.3) is 0 Å². The van der Waals surface area contributed by atoms with E-state index in [0.717, 1.165) is 31.0 Å². The first kappa shape index (κ1) is 30.4. The van der Waals surface area contributed by atoms with Crippen molar-refractivity contribution in [2.24, 2.45) is 0 Å². The summed E-state index contributed by atoms with van der Waals surface area (Å²) in [4.78, 5) is 28.4. The van der Waals surface area contributed by atoms with Crippen LogP contribution in [-0.4, -0.2) is 43.8 Å². The second kappa shape index (κ2) is 12.8. The zero-order valence-corrected chi connectivity index (χ0v) is 25.6. The molecule has 0 bridgehead atoms. The number of rotatable bonds is 10. The van der Waals surface area contributed by atoms with Gasteiger partial charge in [0, 0.05) is 17.1 Å². The topological polar surface area (TPSA) is 86.8 Å². The minimum absolute atomic E-state index is 0.0872. The second-order valence-corrected chi connectivity index (χ2v) is 12.9. The van der Waals surface area contributed by atoms with Gasteiger partial charge in [0.15, 0.2) is 0 Å². The van der Waals surface area contributed by atoms with Crippen molar-refractivity contribution in [1.29, 1.82) is 0 Å². The number of benzene rings is 3. The van der Waals surface area contributed by atoms with Crippen LogP contribution in [0.2, 0.25) is 0 Å². The largest absolute Gasteiger partial charge is 0.352 e. The average molecular weight is 615 g/mol. The molecular weight excluding hydrogens is 578 g/mol. The van der Waals surface area contributed by atoms with Crippen LogP contribution in [0.4, 0.5) is 5.69 Å². The zero-order valence-electron chi connectivity index (χ0n) is 23.2. The molecule has 1 N–H and O–H groups in total. The summed E-state index contributed by atoms with van der Waals surface area (Å²) >= 11 is 3.42. The van der Waals surface area contributed by atoms with E-state index in [1.54, 1.807) is 43.3 Å². The summed E-state index contributed by atoms with van der Waals surface area (Å²) in [6.45, 7) is 10.8. The van der Waals surface area contributed by atoms with Gasteiger partial charge < -0.3 is 10.2 Å². The standard InChI is InChI=1S/C30H36BrN3O4S/c1-20(2)32-30(36)24(6)33(18-25-10-12-26(31)13-11-25)29(35)19-34(27-14-9-22(4)23(5)17-27)39(37,38)28-15-7-21(3)8-16-28/h7-17,20,24H,18-19H2,1-6H3,(H,32,36). The van der Waals surface area contributed by atoms with Crippen molar-refractivity contribution >= 4 is 43.5 Å². The van der Waals surface area contributed by atoms with Gasteiger partial charge in [0.1, 0.15) is 12.6 Å². The third kappa shape index (κ3) is 7.70. The van der Waals surface area contributed by atoms with Crippen molar-refractivity contribution in [1.82, 2.24) is 10.2 Å². The third-order valence-electron chi connectivity index (χ3n) is 6.53. The van der Waals surface area contributed by atoms with Crippen LogP contribution in [0.1, 0.15) is 43.0 Å². The molecule has 39 heavy (non-hydrogen) atoms. The quantitative estimate of drug-likeness (QED) is 0.326. The number of sulfonamides is 1. The Labute approximate surface area is 240 Å². The van der Waals surface area contributed by atoms with E-state index in [1.165, 1.54) is 4.90 Å². The van der Waals surface area contributed by atoms with Gasteiger partial charge in [0.2, 0.25) is 11.8 Å². The molecule has 0 spiro atoms. The lowest BCUT2D eigenvalue weighted by atomic mass is 10.1. The van der Waals surface area contributed by atoms with Crippen LogP contribution in [0.15, 0.2) is 76.1 Å². The second-order valence-electron chi connectivity index (χ2n) is 10.1. The Kier molecular flexibility index (Phi) is 9.96. The highest BCUT2D eigenvalue weighted by molar-refractivity contribution is 9.10. The summed E-state index contributed by atoms with van der Waals surface area (Å²) in [5.41, 5.74) is 4.03. The molecule has 3 aromatic carbocycles. The van der Waals surface area contributed by atoms with Crippen LogP contribution >= 0.6 is 15.9 Å². The number of carbonyl (C=O) groups excluding carboxylic acids is 2. The number of nitrogens with one attached hydrogen (secondary N) is 1. The molecule has 0 saturated carbocycles. The smallest absolute Gasteiger partial charge is 0.264 e. The van der Waals surface area contributed by atoms with Crippen molar-refractivity contribution in [2.75, 3.05) is 10.8 Å². The fraction of sp³-hybridized carbons (Fsp3) is 0.333. The first-order chi connectivity index (χ1) is 18.3. The lowest BCUT2D eigenvalue weighted by Gasteiger charge is -2.32. The monoisotopic (exact) mass is 613 g/mol. The molecule has 0 aliphatic heterocycles. The zero-order chi connectivity index (χ0) is 28.9. The fourth-order valence-corrected chi connectivity index (χ4v) is 5.69. The van der Waals surface area contributed by atoms with Gasteiger partial charge in [-0.05, 0) is 94.6 Å². The number of amides is 2. The van der Waals surface area contributed by atoms with E-state index in [2.05, 4.69) is 21.2 Å². The van der Waals surface area contributed by atoms with E-state index in [9.17, 15) is 18.0 Å². The number of halogens is 1. The van der Waals surface area contributed by atoms with Crippen LogP contribution in [-0.2, 0) is 26.2 Å². The van der Waals surface area contributed by atoms with Gasteiger partial charge >= 0.3 is 0 Å². The first-order valence-electron chi connectivity index (χ1n) is 12.8. The molecule has 0 aliphatic rings. The summed E-state index contributed by atoms with van der Waals surface area (Å²) in [6.07, 6.45) is 0. The Balaban J connectivity index is 2.05. The van der Waals surface area contributed by atoms with Crippen LogP contribution in [0, 0.1) is 20.8 Å². The molecular formula is C30H36BrN3O4S. The summed E-state index contributed by atoms with van der Waals surface area (Å²) in [5, 5.41) is 2.86. The highest BCUT2D eigenvalue weighted by Crippen LogP contribution is 2.27. The Bertz CT molecular complexity index is 1420.